The molecule has 2 N–H and O–H groups in total. The molecule has 2 amide bonds. The molecule has 2 rings (SSSR count). The highest BCUT2D eigenvalue weighted by molar-refractivity contribution is 9.10. The Labute approximate surface area is 142 Å². The van der Waals surface area contributed by atoms with Crippen LogP contribution in [-0.4, -0.2) is 11.8 Å². The molecule has 2 aromatic carbocycles. The lowest BCUT2D eigenvalue weighted by Gasteiger charge is -2.09. The number of anilines is 2. The highest BCUT2D eigenvalue weighted by atomic mass is 79.9. The summed E-state index contributed by atoms with van der Waals surface area (Å²) in [4.78, 5) is 23.8. The number of halogens is 2. The number of hydrogen-bond donors (Lipinski definition) is 2. The molecule has 0 aliphatic carbocycles. The molecule has 4 nitrogen and oxygen atoms in total. The van der Waals surface area contributed by atoms with Gasteiger partial charge in [-0.25, -0.2) is 0 Å². The zero-order valence-corrected chi connectivity index (χ0v) is 14.4. The zero-order chi connectivity index (χ0) is 16.3. The molecule has 0 saturated heterocycles. The van der Waals surface area contributed by atoms with Crippen molar-refractivity contribution in [2.75, 3.05) is 10.6 Å². The normalized spacial score (nSPS) is 10.2. The first-order valence-corrected chi connectivity index (χ1v) is 7.68. The molecule has 6 heteroatoms. The number of hydrogen-bond acceptors (Lipinski definition) is 2. The van der Waals surface area contributed by atoms with Crippen LogP contribution in [0.3, 0.4) is 0 Å². The maximum atomic E-state index is 11.9. The van der Waals surface area contributed by atoms with Crippen LogP contribution >= 0.6 is 27.5 Å². The van der Waals surface area contributed by atoms with E-state index in [1.807, 2.05) is 26.0 Å². The SMILES string of the molecule is Cc1ccc(NC(=O)C(=O)Nc2ccc(C)c(Cl)c2)c(Br)c1. The lowest BCUT2D eigenvalue weighted by Crippen LogP contribution is -2.29. The standard InChI is InChI=1S/C16H14BrClN2O2/c1-9-3-6-14(12(17)7-9)20-16(22)15(21)19-11-5-4-10(2)13(18)8-11/h3-8H,1-2H3,(H,19,21)(H,20,22). The second-order valence-electron chi connectivity index (χ2n) is 4.86. The van der Waals surface area contributed by atoms with Crippen LogP contribution in [0, 0.1) is 13.8 Å². The minimum absolute atomic E-state index is 0.471. The van der Waals surface area contributed by atoms with E-state index in [2.05, 4.69) is 26.6 Å². The highest BCUT2D eigenvalue weighted by Gasteiger charge is 2.15. The number of carbonyl (C=O) groups excluding carboxylic acids is 2. The fourth-order valence-corrected chi connectivity index (χ4v) is 2.53. The van der Waals surface area contributed by atoms with Crippen LogP contribution in [0.15, 0.2) is 40.9 Å². The average molecular weight is 382 g/mol. The molecule has 114 valence electrons. The number of carbonyl (C=O) groups is 2. The van der Waals surface area contributed by atoms with E-state index in [9.17, 15) is 9.59 Å². The van der Waals surface area contributed by atoms with Crippen molar-refractivity contribution < 1.29 is 9.59 Å². The molecule has 0 saturated carbocycles. The van der Waals surface area contributed by atoms with Gasteiger partial charge in [-0.3, -0.25) is 9.59 Å². The first-order chi connectivity index (χ1) is 10.4. The van der Waals surface area contributed by atoms with Crippen LogP contribution in [0.2, 0.25) is 5.02 Å². The van der Waals surface area contributed by atoms with Crippen molar-refractivity contribution in [3.05, 3.63) is 57.0 Å². The Morgan fingerprint density at radius 1 is 1.00 bits per heavy atom. The lowest BCUT2D eigenvalue weighted by atomic mass is 10.2. The molecule has 0 spiro atoms. The molecular formula is C16H14BrClN2O2. The van der Waals surface area contributed by atoms with Crippen molar-refractivity contribution in [2.45, 2.75) is 13.8 Å². The fraction of sp³-hybridized carbons (Fsp3) is 0.125. The van der Waals surface area contributed by atoms with Crippen LogP contribution < -0.4 is 10.6 Å². The minimum Gasteiger partial charge on any atom is -0.318 e. The second kappa shape index (κ2) is 6.94. The van der Waals surface area contributed by atoms with Crippen LogP contribution in [0.25, 0.3) is 0 Å². The Balaban J connectivity index is 2.05. The van der Waals surface area contributed by atoms with Gasteiger partial charge in [-0.2, -0.15) is 0 Å². The van der Waals surface area contributed by atoms with Crippen molar-refractivity contribution in [1.29, 1.82) is 0 Å². The van der Waals surface area contributed by atoms with E-state index in [0.717, 1.165) is 11.1 Å². The molecule has 2 aromatic rings. The number of benzene rings is 2. The Hall–Kier alpha value is -1.85. The minimum atomic E-state index is -0.757. The van der Waals surface area contributed by atoms with Crippen molar-refractivity contribution in [2.24, 2.45) is 0 Å². The summed E-state index contributed by atoms with van der Waals surface area (Å²) in [7, 11) is 0. The smallest absolute Gasteiger partial charge is 0.314 e. The van der Waals surface area contributed by atoms with Gasteiger partial charge >= 0.3 is 11.8 Å². The lowest BCUT2D eigenvalue weighted by molar-refractivity contribution is -0.133. The molecule has 0 bridgehead atoms. The second-order valence-corrected chi connectivity index (χ2v) is 6.12. The first-order valence-electron chi connectivity index (χ1n) is 6.51. The van der Waals surface area contributed by atoms with E-state index in [4.69, 9.17) is 11.6 Å². The molecule has 0 aromatic heterocycles. The van der Waals surface area contributed by atoms with Crippen LogP contribution in [-0.2, 0) is 9.59 Å². The summed E-state index contributed by atoms with van der Waals surface area (Å²) in [5.41, 5.74) is 2.95. The maximum Gasteiger partial charge on any atom is 0.314 e. The van der Waals surface area contributed by atoms with E-state index in [0.29, 0.717) is 20.9 Å². The van der Waals surface area contributed by atoms with Crippen molar-refractivity contribution in [3.63, 3.8) is 0 Å². The summed E-state index contributed by atoms with van der Waals surface area (Å²) in [5, 5.41) is 5.59. The van der Waals surface area contributed by atoms with E-state index in [1.165, 1.54) is 0 Å². The Morgan fingerprint density at radius 2 is 1.68 bits per heavy atom. The highest BCUT2D eigenvalue weighted by Crippen LogP contribution is 2.23. The van der Waals surface area contributed by atoms with Gasteiger partial charge in [-0.1, -0.05) is 23.7 Å². The van der Waals surface area contributed by atoms with E-state index >= 15 is 0 Å². The fourth-order valence-electron chi connectivity index (χ4n) is 1.76. The van der Waals surface area contributed by atoms with Gasteiger partial charge in [0.05, 0.1) is 5.69 Å². The maximum absolute atomic E-state index is 11.9. The van der Waals surface area contributed by atoms with Gasteiger partial charge in [-0.15, -0.1) is 0 Å². The van der Waals surface area contributed by atoms with Crippen molar-refractivity contribution in [1.82, 2.24) is 0 Å². The molecule has 0 atom stereocenters. The topological polar surface area (TPSA) is 58.2 Å². The summed E-state index contributed by atoms with van der Waals surface area (Å²) < 4.78 is 0.715. The number of aryl methyl sites for hydroxylation is 2. The molecule has 0 radical (unpaired) electrons. The van der Waals surface area contributed by atoms with E-state index in [1.54, 1.807) is 24.3 Å². The predicted molar refractivity (Wildman–Crippen MR) is 92.3 cm³/mol. The van der Waals surface area contributed by atoms with Gasteiger partial charge in [0.15, 0.2) is 0 Å². The predicted octanol–water partition coefficient (Wildman–Crippen LogP) is 4.30. The quantitative estimate of drug-likeness (QED) is 0.762. The molecule has 0 unspecified atom stereocenters. The van der Waals surface area contributed by atoms with Gasteiger partial charge in [0.2, 0.25) is 0 Å². The van der Waals surface area contributed by atoms with Crippen molar-refractivity contribution in [3.8, 4) is 0 Å². The molecule has 0 fully saturated rings. The average Bonchev–Trinajstić information content (AvgIpc) is 2.45. The third-order valence-electron chi connectivity index (χ3n) is 3.01. The summed E-state index contributed by atoms with van der Waals surface area (Å²) in [5.74, 6) is -1.51. The van der Waals surface area contributed by atoms with Crippen LogP contribution in [0.4, 0.5) is 11.4 Å². The number of amides is 2. The van der Waals surface area contributed by atoms with Crippen LogP contribution in [0.5, 0.6) is 0 Å². The van der Waals surface area contributed by atoms with Crippen molar-refractivity contribution >= 4 is 50.7 Å². The third kappa shape index (κ3) is 4.08. The number of nitrogens with one attached hydrogen (secondary N) is 2. The Bertz CT molecular complexity index is 747. The number of rotatable bonds is 2. The summed E-state index contributed by atoms with van der Waals surface area (Å²) in [6.07, 6.45) is 0. The largest absolute Gasteiger partial charge is 0.318 e. The molecule has 22 heavy (non-hydrogen) atoms. The Morgan fingerprint density at radius 3 is 2.32 bits per heavy atom. The third-order valence-corrected chi connectivity index (χ3v) is 4.07. The van der Waals surface area contributed by atoms with E-state index < -0.39 is 11.8 Å². The summed E-state index contributed by atoms with van der Waals surface area (Å²) in [6.45, 7) is 3.79. The Kier molecular flexibility index (Phi) is 5.21. The van der Waals surface area contributed by atoms with Gasteiger partial charge in [-0.05, 0) is 65.2 Å². The molecule has 0 heterocycles. The molecular weight excluding hydrogens is 368 g/mol. The summed E-state index contributed by atoms with van der Waals surface area (Å²) in [6, 6.07) is 10.5. The molecule has 0 aliphatic heterocycles. The summed E-state index contributed by atoms with van der Waals surface area (Å²) >= 11 is 9.33. The van der Waals surface area contributed by atoms with Gasteiger partial charge in [0.25, 0.3) is 0 Å². The zero-order valence-electron chi connectivity index (χ0n) is 12.0. The van der Waals surface area contributed by atoms with Crippen LogP contribution in [0.1, 0.15) is 11.1 Å². The monoisotopic (exact) mass is 380 g/mol. The molecule has 0 aliphatic rings. The van der Waals surface area contributed by atoms with E-state index in [-0.39, 0.29) is 0 Å². The van der Waals surface area contributed by atoms with Gasteiger partial charge < -0.3 is 10.6 Å². The first kappa shape index (κ1) is 16.5. The van der Waals surface area contributed by atoms with Gasteiger partial charge in [0, 0.05) is 15.2 Å². The van der Waals surface area contributed by atoms with Gasteiger partial charge in [0.1, 0.15) is 0 Å².